The number of aryl methyl sites for hydroxylation is 1. The van der Waals surface area contributed by atoms with Gasteiger partial charge in [-0.15, -0.1) is 0 Å². The Kier molecular flexibility index (Phi) is 6.07. The number of methoxy groups -OCH3 is 1. The van der Waals surface area contributed by atoms with Gasteiger partial charge in [0.25, 0.3) is 10.0 Å². The Bertz CT molecular complexity index is 980. The van der Waals surface area contributed by atoms with E-state index in [1.807, 2.05) is 26.8 Å². The van der Waals surface area contributed by atoms with Crippen LogP contribution in [-0.2, 0) is 15.4 Å². The molecule has 0 bridgehead atoms. The van der Waals surface area contributed by atoms with Gasteiger partial charge in [-0.2, -0.15) is 13.5 Å². The van der Waals surface area contributed by atoms with Crippen molar-refractivity contribution in [1.29, 1.82) is 0 Å². The third-order valence-corrected chi connectivity index (χ3v) is 5.65. The molecule has 0 aromatic heterocycles. The number of halogens is 1. The van der Waals surface area contributed by atoms with Gasteiger partial charge in [0.15, 0.2) is 11.5 Å². The average Bonchev–Trinajstić information content (AvgIpc) is 2.56. The summed E-state index contributed by atoms with van der Waals surface area (Å²) < 4.78 is 30.3. The van der Waals surface area contributed by atoms with E-state index in [-0.39, 0.29) is 26.8 Å². The number of hydrogen-bond donors (Lipinski definition) is 2. The number of rotatable bonds is 5. The Morgan fingerprint density at radius 1 is 1.22 bits per heavy atom. The first-order valence-corrected chi connectivity index (χ1v) is 10.0. The molecule has 2 aromatic rings. The molecule has 8 heteroatoms. The summed E-state index contributed by atoms with van der Waals surface area (Å²) in [6, 6.07) is 8.30. The second-order valence-electron chi connectivity index (χ2n) is 7.14. The number of nitrogens with one attached hydrogen (secondary N) is 1. The SMILES string of the molecule is COc1cc(/C=N/NS(=O)(=O)c2cc(C(C)(C)C)ccc2C)cc(Cl)c1O. The number of benzene rings is 2. The van der Waals surface area contributed by atoms with Gasteiger partial charge in [0, 0.05) is 0 Å². The predicted octanol–water partition coefficient (Wildman–Crippen LogP) is 3.97. The van der Waals surface area contributed by atoms with E-state index in [0.717, 1.165) is 5.56 Å². The van der Waals surface area contributed by atoms with Crippen molar-refractivity contribution < 1.29 is 18.3 Å². The topological polar surface area (TPSA) is 88.0 Å². The van der Waals surface area contributed by atoms with Crippen molar-refractivity contribution in [2.45, 2.75) is 38.0 Å². The van der Waals surface area contributed by atoms with Crippen LogP contribution in [0.3, 0.4) is 0 Å². The van der Waals surface area contributed by atoms with Crippen LogP contribution in [0.2, 0.25) is 5.02 Å². The lowest BCUT2D eigenvalue weighted by atomic mass is 9.87. The summed E-state index contributed by atoms with van der Waals surface area (Å²) in [5, 5.41) is 13.6. The number of aromatic hydroxyl groups is 1. The van der Waals surface area contributed by atoms with E-state index in [4.69, 9.17) is 16.3 Å². The van der Waals surface area contributed by atoms with Crippen molar-refractivity contribution in [3.63, 3.8) is 0 Å². The fourth-order valence-corrected chi connectivity index (χ4v) is 3.68. The highest BCUT2D eigenvalue weighted by Gasteiger charge is 2.21. The van der Waals surface area contributed by atoms with Gasteiger partial charge >= 0.3 is 0 Å². The molecule has 0 amide bonds. The molecule has 0 atom stereocenters. The molecule has 0 heterocycles. The fraction of sp³-hybridized carbons (Fsp3) is 0.316. The van der Waals surface area contributed by atoms with Crippen LogP contribution in [0.4, 0.5) is 0 Å². The van der Waals surface area contributed by atoms with Crippen LogP contribution >= 0.6 is 11.6 Å². The summed E-state index contributed by atoms with van der Waals surface area (Å²) in [6.07, 6.45) is 1.29. The van der Waals surface area contributed by atoms with E-state index < -0.39 is 10.0 Å². The Hall–Kier alpha value is -2.25. The van der Waals surface area contributed by atoms with E-state index in [1.165, 1.54) is 25.5 Å². The second-order valence-corrected chi connectivity index (χ2v) is 9.17. The molecular weight excluding hydrogens is 388 g/mol. The van der Waals surface area contributed by atoms with Gasteiger partial charge in [-0.3, -0.25) is 0 Å². The molecular formula is C19H23ClN2O4S. The number of ether oxygens (including phenoxy) is 1. The Balaban J connectivity index is 2.30. The lowest BCUT2D eigenvalue weighted by Gasteiger charge is -2.20. The smallest absolute Gasteiger partial charge is 0.276 e. The third kappa shape index (κ3) is 4.93. The van der Waals surface area contributed by atoms with Crippen molar-refractivity contribution in [1.82, 2.24) is 4.83 Å². The molecule has 2 rings (SSSR count). The van der Waals surface area contributed by atoms with Gasteiger partial charge < -0.3 is 9.84 Å². The van der Waals surface area contributed by atoms with Gasteiger partial charge in [0.1, 0.15) is 0 Å². The Morgan fingerprint density at radius 3 is 2.48 bits per heavy atom. The van der Waals surface area contributed by atoms with Crippen LogP contribution in [-0.4, -0.2) is 26.8 Å². The molecule has 0 aliphatic rings. The van der Waals surface area contributed by atoms with Crippen LogP contribution in [0, 0.1) is 6.92 Å². The van der Waals surface area contributed by atoms with E-state index >= 15 is 0 Å². The average molecular weight is 411 g/mol. The monoisotopic (exact) mass is 410 g/mol. The van der Waals surface area contributed by atoms with E-state index in [9.17, 15) is 13.5 Å². The zero-order valence-electron chi connectivity index (χ0n) is 15.9. The highest BCUT2D eigenvalue weighted by molar-refractivity contribution is 7.89. The van der Waals surface area contributed by atoms with E-state index in [1.54, 1.807) is 19.1 Å². The molecule has 0 spiro atoms. The van der Waals surface area contributed by atoms with Crippen molar-refractivity contribution >= 4 is 27.8 Å². The van der Waals surface area contributed by atoms with Crippen molar-refractivity contribution in [2.24, 2.45) is 5.10 Å². The number of hydrogen-bond acceptors (Lipinski definition) is 5. The van der Waals surface area contributed by atoms with Crippen molar-refractivity contribution in [3.8, 4) is 11.5 Å². The summed E-state index contributed by atoms with van der Waals surface area (Å²) in [5.41, 5.74) is 1.82. The van der Waals surface area contributed by atoms with Crippen LogP contribution in [0.5, 0.6) is 11.5 Å². The first kappa shape index (κ1) is 21.1. The van der Waals surface area contributed by atoms with Gasteiger partial charge in [0.2, 0.25) is 0 Å². The molecule has 0 aliphatic heterocycles. The summed E-state index contributed by atoms with van der Waals surface area (Å²) >= 11 is 5.91. The lowest BCUT2D eigenvalue weighted by molar-refractivity contribution is 0.373. The highest BCUT2D eigenvalue weighted by Crippen LogP contribution is 2.34. The quantitative estimate of drug-likeness (QED) is 0.576. The molecule has 0 saturated heterocycles. The number of hydrazone groups is 1. The minimum absolute atomic E-state index is 0.0763. The summed E-state index contributed by atoms with van der Waals surface area (Å²) in [7, 11) is -2.45. The first-order chi connectivity index (χ1) is 12.5. The minimum Gasteiger partial charge on any atom is -0.503 e. The fourth-order valence-electron chi connectivity index (χ4n) is 2.40. The van der Waals surface area contributed by atoms with Crippen LogP contribution < -0.4 is 9.57 Å². The number of phenolic OH excluding ortho intramolecular Hbond substituents is 1. The standard InChI is InChI=1S/C19H23ClN2O4S/c1-12-6-7-14(19(2,3)4)10-17(12)27(24,25)22-21-11-13-8-15(20)18(23)16(9-13)26-5/h6-11,22-23H,1-5H3/b21-11+. The molecule has 0 aliphatic carbocycles. The van der Waals surface area contributed by atoms with Gasteiger partial charge in [-0.1, -0.05) is 44.5 Å². The molecule has 0 fully saturated rings. The van der Waals surface area contributed by atoms with Gasteiger partial charge in [-0.25, -0.2) is 4.83 Å². The Morgan fingerprint density at radius 2 is 1.89 bits per heavy atom. The number of phenols is 1. The number of nitrogens with zero attached hydrogens (tertiary/aromatic N) is 1. The lowest BCUT2D eigenvalue weighted by Crippen LogP contribution is -2.21. The maximum absolute atomic E-state index is 12.7. The maximum Gasteiger partial charge on any atom is 0.276 e. The zero-order valence-corrected chi connectivity index (χ0v) is 17.4. The molecule has 2 aromatic carbocycles. The summed E-state index contributed by atoms with van der Waals surface area (Å²) in [6.45, 7) is 7.78. The van der Waals surface area contributed by atoms with Crippen LogP contribution in [0.15, 0.2) is 40.3 Å². The largest absolute Gasteiger partial charge is 0.503 e. The van der Waals surface area contributed by atoms with E-state index in [2.05, 4.69) is 9.93 Å². The molecule has 0 radical (unpaired) electrons. The summed E-state index contributed by atoms with van der Waals surface area (Å²) in [5.74, 6) is -0.0213. The minimum atomic E-state index is -3.84. The molecule has 27 heavy (non-hydrogen) atoms. The first-order valence-electron chi connectivity index (χ1n) is 8.18. The summed E-state index contributed by atoms with van der Waals surface area (Å²) in [4.78, 5) is 2.38. The molecule has 2 N–H and O–H groups in total. The maximum atomic E-state index is 12.7. The zero-order chi connectivity index (χ0) is 20.4. The highest BCUT2D eigenvalue weighted by atomic mass is 35.5. The van der Waals surface area contributed by atoms with Crippen LogP contribution in [0.1, 0.15) is 37.5 Å². The normalized spacial score (nSPS) is 12.4. The van der Waals surface area contributed by atoms with Crippen molar-refractivity contribution in [2.75, 3.05) is 7.11 Å². The molecule has 0 unspecified atom stereocenters. The predicted molar refractivity (Wildman–Crippen MR) is 107 cm³/mol. The third-order valence-electron chi connectivity index (χ3n) is 4.00. The second kappa shape index (κ2) is 7.78. The molecule has 146 valence electrons. The Labute approximate surface area is 164 Å². The van der Waals surface area contributed by atoms with Crippen LogP contribution in [0.25, 0.3) is 0 Å². The van der Waals surface area contributed by atoms with E-state index in [0.29, 0.717) is 11.1 Å². The molecule has 0 saturated carbocycles. The molecule has 6 nitrogen and oxygen atoms in total. The number of sulfonamides is 1. The van der Waals surface area contributed by atoms with Crippen molar-refractivity contribution in [3.05, 3.63) is 52.0 Å². The van der Waals surface area contributed by atoms with Gasteiger partial charge in [-0.05, 0) is 47.2 Å². The van der Waals surface area contributed by atoms with Gasteiger partial charge in [0.05, 0.1) is 23.2 Å².